The van der Waals surface area contributed by atoms with Crippen LogP contribution in [0.1, 0.15) is 37.1 Å². The second-order valence-electron chi connectivity index (χ2n) is 5.60. The van der Waals surface area contributed by atoms with E-state index < -0.39 is 17.7 Å². The Hall–Kier alpha value is -2.89. The van der Waals surface area contributed by atoms with Crippen LogP contribution in [0.5, 0.6) is 0 Å². The molecule has 0 aliphatic carbocycles. The van der Waals surface area contributed by atoms with Crippen molar-refractivity contribution >= 4 is 17.4 Å². The third-order valence-electron chi connectivity index (χ3n) is 4.06. The summed E-state index contributed by atoms with van der Waals surface area (Å²) in [4.78, 5) is 30.3. The molecule has 0 bridgehead atoms. The van der Waals surface area contributed by atoms with Crippen LogP contribution in [-0.2, 0) is 9.59 Å². The van der Waals surface area contributed by atoms with Crippen molar-refractivity contribution in [1.82, 2.24) is 9.88 Å². The Balaban J connectivity index is 2.12. The van der Waals surface area contributed by atoms with Crippen LogP contribution in [0.2, 0.25) is 0 Å². The predicted octanol–water partition coefficient (Wildman–Crippen LogP) is 2.90. The van der Waals surface area contributed by atoms with Crippen molar-refractivity contribution in [2.24, 2.45) is 0 Å². The average Bonchev–Trinajstić information content (AvgIpc) is 3.21. The van der Waals surface area contributed by atoms with Crippen LogP contribution in [-0.4, -0.2) is 33.2 Å². The highest BCUT2D eigenvalue weighted by Crippen LogP contribution is 2.39. The summed E-state index contributed by atoms with van der Waals surface area (Å²) in [5.74, 6) is -1.06. The van der Waals surface area contributed by atoms with Crippen LogP contribution in [0, 0.1) is 0 Å². The van der Waals surface area contributed by atoms with Crippen molar-refractivity contribution in [2.75, 3.05) is 6.54 Å². The maximum atomic E-state index is 12.5. The smallest absolute Gasteiger partial charge is 0.295 e. The number of nitrogens with zero attached hydrogens (tertiary/aromatic N) is 2. The van der Waals surface area contributed by atoms with Gasteiger partial charge in [-0.15, -0.1) is 0 Å². The van der Waals surface area contributed by atoms with Gasteiger partial charge >= 0.3 is 0 Å². The van der Waals surface area contributed by atoms with Crippen LogP contribution in [0.3, 0.4) is 0 Å². The lowest BCUT2D eigenvalue weighted by molar-refractivity contribution is -0.140. The Morgan fingerprint density at radius 1 is 1.29 bits per heavy atom. The van der Waals surface area contributed by atoms with E-state index in [9.17, 15) is 14.7 Å². The maximum Gasteiger partial charge on any atom is 0.295 e. The SMILES string of the molecule is CCCCN1C(=O)C(=O)/C(=C(\O)c2ccncc2)C1c1ccco1. The Morgan fingerprint density at radius 3 is 2.67 bits per heavy atom. The van der Waals surface area contributed by atoms with Gasteiger partial charge in [0.25, 0.3) is 11.7 Å². The van der Waals surface area contributed by atoms with E-state index in [1.54, 1.807) is 24.3 Å². The van der Waals surface area contributed by atoms with Crippen LogP contribution < -0.4 is 0 Å². The molecule has 1 atom stereocenters. The van der Waals surface area contributed by atoms with Crippen molar-refractivity contribution in [1.29, 1.82) is 0 Å². The minimum absolute atomic E-state index is 0.0530. The molecule has 2 aromatic rings. The van der Waals surface area contributed by atoms with E-state index in [0.29, 0.717) is 17.9 Å². The average molecular weight is 326 g/mol. The molecule has 0 spiro atoms. The summed E-state index contributed by atoms with van der Waals surface area (Å²) in [6.07, 6.45) is 6.17. The number of ketones is 1. The number of rotatable bonds is 5. The third kappa shape index (κ3) is 2.71. The van der Waals surface area contributed by atoms with Gasteiger partial charge in [0, 0.05) is 24.5 Å². The molecule has 0 radical (unpaired) electrons. The Labute approximate surface area is 139 Å². The molecule has 1 fully saturated rings. The summed E-state index contributed by atoms with van der Waals surface area (Å²) in [5, 5.41) is 10.6. The normalized spacial score (nSPS) is 19.9. The largest absolute Gasteiger partial charge is 0.507 e. The summed E-state index contributed by atoms with van der Waals surface area (Å²) in [6.45, 7) is 2.44. The summed E-state index contributed by atoms with van der Waals surface area (Å²) in [5.41, 5.74) is 0.493. The van der Waals surface area contributed by atoms with E-state index in [-0.39, 0.29) is 11.3 Å². The summed E-state index contributed by atoms with van der Waals surface area (Å²) < 4.78 is 5.44. The standard InChI is InChI=1S/C18H18N2O4/c1-2-3-10-20-15(13-5-4-11-24-13)14(17(22)18(20)23)16(21)12-6-8-19-9-7-12/h4-9,11,15,21H,2-3,10H2,1H3/b16-14-. The second-order valence-corrected chi connectivity index (χ2v) is 5.60. The quantitative estimate of drug-likeness (QED) is 0.519. The lowest BCUT2D eigenvalue weighted by Gasteiger charge is -2.22. The summed E-state index contributed by atoms with van der Waals surface area (Å²) >= 11 is 0. The fourth-order valence-electron chi connectivity index (χ4n) is 2.85. The number of aliphatic hydroxyl groups is 1. The van der Waals surface area contributed by atoms with Crippen LogP contribution in [0.25, 0.3) is 5.76 Å². The van der Waals surface area contributed by atoms with Gasteiger partial charge in [0.05, 0.1) is 11.8 Å². The number of hydrogen-bond donors (Lipinski definition) is 1. The van der Waals surface area contributed by atoms with Crippen LogP contribution in [0.4, 0.5) is 0 Å². The van der Waals surface area contributed by atoms with Crippen molar-refractivity contribution in [2.45, 2.75) is 25.8 Å². The zero-order valence-electron chi connectivity index (χ0n) is 13.3. The number of carbonyl (C=O) groups excluding carboxylic acids is 2. The monoisotopic (exact) mass is 326 g/mol. The van der Waals surface area contributed by atoms with E-state index in [0.717, 1.165) is 12.8 Å². The maximum absolute atomic E-state index is 12.5. The van der Waals surface area contributed by atoms with Crippen molar-refractivity contribution in [3.63, 3.8) is 0 Å². The lowest BCUT2D eigenvalue weighted by atomic mass is 10.00. The van der Waals surface area contributed by atoms with Gasteiger partial charge in [-0.3, -0.25) is 14.6 Å². The van der Waals surface area contributed by atoms with E-state index >= 15 is 0 Å². The van der Waals surface area contributed by atoms with E-state index in [1.807, 2.05) is 6.92 Å². The Morgan fingerprint density at radius 2 is 2.04 bits per heavy atom. The van der Waals surface area contributed by atoms with Gasteiger partial charge in [-0.05, 0) is 30.7 Å². The summed E-state index contributed by atoms with van der Waals surface area (Å²) in [7, 11) is 0. The van der Waals surface area contributed by atoms with E-state index in [4.69, 9.17) is 4.42 Å². The van der Waals surface area contributed by atoms with Gasteiger partial charge in [-0.25, -0.2) is 0 Å². The number of Topliss-reactive ketones (excluding diaryl/α,β-unsaturated/α-hetero) is 1. The van der Waals surface area contributed by atoms with Gasteiger partial charge in [-0.2, -0.15) is 0 Å². The number of unbranched alkanes of at least 4 members (excludes halogenated alkanes) is 1. The molecule has 6 heteroatoms. The molecular formula is C18H18N2O4. The number of amides is 1. The first-order valence-electron chi connectivity index (χ1n) is 7.87. The highest BCUT2D eigenvalue weighted by Gasteiger charge is 2.47. The molecule has 1 saturated heterocycles. The molecule has 3 rings (SSSR count). The molecule has 1 N–H and O–H groups in total. The fourth-order valence-corrected chi connectivity index (χ4v) is 2.85. The number of hydrogen-bond acceptors (Lipinski definition) is 5. The van der Waals surface area contributed by atoms with Gasteiger partial charge in [-0.1, -0.05) is 13.3 Å². The molecule has 2 aromatic heterocycles. The Kier molecular flexibility index (Phi) is 4.46. The van der Waals surface area contributed by atoms with Gasteiger partial charge in [0.2, 0.25) is 0 Å². The van der Waals surface area contributed by atoms with Crippen molar-refractivity contribution < 1.29 is 19.1 Å². The van der Waals surface area contributed by atoms with E-state index in [1.165, 1.54) is 23.6 Å². The molecule has 0 aromatic carbocycles. The molecule has 24 heavy (non-hydrogen) atoms. The van der Waals surface area contributed by atoms with Gasteiger partial charge in [0.15, 0.2) is 0 Å². The molecule has 124 valence electrons. The highest BCUT2D eigenvalue weighted by molar-refractivity contribution is 6.46. The first-order chi connectivity index (χ1) is 11.6. The summed E-state index contributed by atoms with van der Waals surface area (Å²) in [6, 6.07) is 5.87. The Bertz CT molecular complexity index is 766. The second kappa shape index (κ2) is 6.70. The third-order valence-corrected chi connectivity index (χ3v) is 4.06. The highest BCUT2D eigenvalue weighted by atomic mass is 16.3. The zero-order chi connectivity index (χ0) is 17.1. The molecule has 1 aliphatic heterocycles. The van der Waals surface area contributed by atoms with Crippen molar-refractivity contribution in [3.05, 3.63) is 59.8 Å². The minimum Gasteiger partial charge on any atom is -0.507 e. The molecule has 0 saturated carbocycles. The molecular weight excluding hydrogens is 308 g/mol. The van der Waals surface area contributed by atoms with E-state index in [2.05, 4.69) is 4.98 Å². The van der Waals surface area contributed by atoms with Crippen molar-refractivity contribution in [3.8, 4) is 0 Å². The molecule has 1 unspecified atom stereocenters. The topological polar surface area (TPSA) is 83.6 Å². The van der Waals surface area contributed by atoms with Gasteiger partial charge in [0.1, 0.15) is 17.6 Å². The number of likely N-dealkylation sites (tertiary alicyclic amines) is 1. The molecule has 3 heterocycles. The molecule has 6 nitrogen and oxygen atoms in total. The van der Waals surface area contributed by atoms with Crippen LogP contribution in [0.15, 0.2) is 52.9 Å². The predicted molar refractivity (Wildman–Crippen MR) is 86.9 cm³/mol. The number of aliphatic hydroxyl groups excluding tert-OH is 1. The number of furan rings is 1. The molecule has 1 amide bonds. The first-order valence-corrected chi connectivity index (χ1v) is 7.87. The minimum atomic E-state index is -0.709. The number of pyridine rings is 1. The zero-order valence-corrected chi connectivity index (χ0v) is 13.3. The molecule has 1 aliphatic rings. The lowest BCUT2D eigenvalue weighted by Crippen LogP contribution is -2.30. The fraction of sp³-hybridized carbons (Fsp3) is 0.278. The first kappa shape index (κ1) is 16.0. The number of aromatic nitrogens is 1. The van der Waals surface area contributed by atoms with Gasteiger partial charge < -0.3 is 14.4 Å². The number of carbonyl (C=O) groups is 2. The van der Waals surface area contributed by atoms with Crippen LogP contribution >= 0.6 is 0 Å².